The van der Waals surface area contributed by atoms with E-state index < -0.39 is 0 Å². The van der Waals surface area contributed by atoms with Crippen molar-refractivity contribution in [2.75, 3.05) is 9.80 Å². The Morgan fingerprint density at radius 2 is 0.595 bits per heavy atom. The van der Waals surface area contributed by atoms with Crippen LogP contribution >= 0.6 is 11.6 Å². The fraction of sp³-hybridized carbons (Fsp3) is 0.108. The molecule has 4 nitrogen and oxygen atoms in total. The maximum Gasteiger partial charge on any atom is 0.129 e. The molecule has 0 aliphatic rings. The average Bonchev–Trinajstić information content (AvgIpc) is 3.65. The third kappa shape index (κ3) is 11.6. The van der Waals surface area contributed by atoms with E-state index >= 15 is 0 Å². The van der Waals surface area contributed by atoms with Gasteiger partial charge in [0.1, 0.15) is 23.0 Å². The SMILES string of the molecule is CC(C)(C)c1cc(Oc2cccc(N(c3cc(Oc4cccc(Cl)c4)cc(C(C)(C)C)c3)c3c(-c4ccccc4)cccc3-c3ccccc3)c2)cc(N(c2ccccc2)c2c(-c3ccccc3)cccc2-c2ccccc2)c1. The highest BCUT2D eigenvalue weighted by atomic mass is 35.5. The zero-order valence-electron chi connectivity index (χ0n) is 45.6. The van der Waals surface area contributed by atoms with Crippen molar-refractivity contribution in [3.8, 4) is 67.5 Å². The molecule has 11 aromatic rings. The summed E-state index contributed by atoms with van der Waals surface area (Å²) in [6, 6.07) is 95.9. The molecule has 11 rings (SSSR count). The van der Waals surface area contributed by atoms with Crippen LogP contribution < -0.4 is 19.3 Å². The number of hydrogen-bond donors (Lipinski definition) is 0. The molecule has 0 N–H and O–H groups in total. The molecule has 0 amide bonds. The first-order valence-electron chi connectivity index (χ1n) is 27.0. The van der Waals surface area contributed by atoms with Gasteiger partial charge in [0.05, 0.1) is 22.7 Å². The molecule has 0 fully saturated rings. The minimum Gasteiger partial charge on any atom is -0.457 e. The Morgan fingerprint density at radius 1 is 0.278 bits per heavy atom. The lowest BCUT2D eigenvalue weighted by atomic mass is 9.86. The van der Waals surface area contributed by atoms with Gasteiger partial charge in [0.15, 0.2) is 0 Å². The van der Waals surface area contributed by atoms with Crippen LogP contribution in [-0.2, 0) is 10.8 Å². The van der Waals surface area contributed by atoms with Gasteiger partial charge in [-0.2, -0.15) is 0 Å². The molecular formula is C74H63ClN2O2. The van der Waals surface area contributed by atoms with Crippen molar-refractivity contribution in [1.29, 1.82) is 0 Å². The van der Waals surface area contributed by atoms with E-state index in [2.05, 4.69) is 300 Å². The molecule has 11 aromatic carbocycles. The van der Waals surface area contributed by atoms with Gasteiger partial charge in [0.25, 0.3) is 0 Å². The normalized spacial score (nSPS) is 11.5. The molecule has 0 bridgehead atoms. The number of hydrogen-bond acceptors (Lipinski definition) is 4. The van der Waals surface area contributed by atoms with E-state index in [-0.39, 0.29) is 10.8 Å². The summed E-state index contributed by atoms with van der Waals surface area (Å²) < 4.78 is 14.0. The van der Waals surface area contributed by atoms with Gasteiger partial charge < -0.3 is 19.3 Å². The molecule has 0 atom stereocenters. The molecular weight excluding hydrogens is 984 g/mol. The molecule has 0 aromatic heterocycles. The zero-order valence-corrected chi connectivity index (χ0v) is 46.3. The smallest absolute Gasteiger partial charge is 0.129 e. The standard InChI is InChI=1S/C74H63ClN2O2/c1-73(2,3)56-44-61(76(59-35-20-11-21-36-59)71-67(52-26-12-7-13-27-52)40-24-41-68(71)53-28-14-8-15-29-53)50-66(47-56)79-64-39-23-37-60(49-64)77(62-45-57(74(4,5)6)46-65(51-62)78-63-38-22-34-58(75)48-63)72-69(54-30-16-9-17-31-54)42-25-43-70(72)55-32-18-10-19-33-55/h7-51H,1-6H3. The topological polar surface area (TPSA) is 24.9 Å². The minimum absolute atomic E-state index is 0.242. The predicted octanol–water partition coefficient (Wildman–Crippen LogP) is 22.1. The summed E-state index contributed by atoms with van der Waals surface area (Å²) in [7, 11) is 0. The van der Waals surface area contributed by atoms with Crippen LogP contribution in [0.4, 0.5) is 34.1 Å². The molecule has 0 aliphatic heterocycles. The van der Waals surface area contributed by atoms with Crippen LogP contribution in [0.1, 0.15) is 52.7 Å². The van der Waals surface area contributed by atoms with Crippen molar-refractivity contribution in [3.05, 3.63) is 289 Å². The highest BCUT2D eigenvalue weighted by Gasteiger charge is 2.28. The van der Waals surface area contributed by atoms with Crippen molar-refractivity contribution in [2.45, 2.75) is 52.4 Å². The molecule has 0 unspecified atom stereocenters. The molecule has 5 heteroatoms. The van der Waals surface area contributed by atoms with E-state index in [0.29, 0.717) is 28.0 Å². The van der Waals surface area contributed by atoms with E-state index in [9.17, 15) is 0 Å². The number of rotatable bonds is 14. The van der Waals surface area contributed by atoms with Gasteiger partial charge in [0, 0.05) is 56.9 Å². The first-order chi connectivity index (χ1) is 38.3. The lowest BCUT2D eigenvalue weighted by Crippen LogP contribution is -2.16. The van der Waals surface area contributed by atoms with Crippen LogP contribution in [-0.4, -0.2) is 0 Å². The molecule has 0 saturated heterocycles. The fourth-order valence-corrected chi connectivity index (χ4v) is 10.4. The van der Waals surface area contributed by atoms with Gasteiger partial charge in [-0.25, -0.2) is 0 Å². The predicted molar refractivity (Wildman–Crippen MR) is 333 cm³/mol. The fourth-order valence-electron chi connectivity index (χ4n) is 10.3. The first-order valence-corrected chi connectivity index (χ1v) is 27.4. The Labute approximate surface area is 471 Å². The lowest BCUT2D eigenvalue weighted by molar-refractivity contribution is 0.478. The van der Waals surface area contributed by atoms with Crippen LogP contribution in [0.15, 0.2) is 273 Å². The van der Waals surface area contributed by atoms with Crippen molar-refractivity contribution >= 4 is 45.7 Å². The van der Waals surface area contributed by atoms with Crippen molar-refractivity contribution in [3.63, 3.8) is 0 Å². The molecule has 388 valence electrons. The Hall–Kier alpha value is -9.09. The van der Waals surface area contributed by atoms with Crippen LogP contribution in [0.5, 0.6) is 23.0 Å². The van der Waals surface area contributed by atoms with E-state index in [1.165, 1.54) is 0 Å². The molecule has 0 radical (unpaired) electrons. The van der Waals surface area contributed by atoms with Gasteiger partial charge in [-0.05, 0) is 111 Å². The Kier molecular flexibility index (Phi) is 14.8. The monoisotopic (exact) mass is 1050 g/mol. The highest BCUT2D eigenvalue weighted by molar-refractivity contribution is 6.30. The Balaban J connectivity index is 1.12. The number of nitrogens with zero attached hydrogens (tertiary/aromatic N) is 2. The first kappa shape index (κ1) is 52.0. The van der Waals surface area contributed by atoms with E-state index in [4.69, 9.17) is 21.1 Å². The summed E-state index contributed by atoms with van der Waals surface area (Å²) >= 11 is 6.55. The maximum absolute atomic E-state index is 7.30. The van der Waals surface area contributed by atoms with Crippen LogP contribution in [0.2, 0.25) is 5.02 Å². The third-order valence-corrected chi connectivity index (χ3v) is 14.5. The second-order valence-electron chi connectivity index (χ2n) is 22.0. The summed E-state index contributed by atoms with van der Waals surface area (Å²) in [6.45, 7) is 13.5. The van der Waals surface area contributed by atoms with E-state index in [1.807, 2.05) is 24.3 Å². The summed E-state index contributed by atoms with van der Waals surface area (Å²) in [5, 5.41) is 0.606. The van der Waals surface area contributed by atoms with E-state index in [1.54, 1.807) is 0 Å². The number of anilines is 6. The lowest BCUT2D eigenvalue weighted by Gasteiger charge is -2.32. The summed E-state index contributed by atoms with van der Waals surface area (Å²) in [4.78, 5) is 4.78. The molecule has 79 heavy (non-hydrogen) atoms. The average molecular weight is 1050 g/mol. The number of halogens is 1. The summed E-state index contributed by atoms with van der Waals surface area (Å²) in [5.41, 5.74) is 16.5. The van der Waals surface area contributed by atoms with Gasteiger partial charge in [-0.1, -0.05) is 241 Å². The number of ether oxygens (including phenoxy) is 2. The van der Waals surface area contributed by atoms with E-state index in [0.717, 1.165) is 89.8 Å². The van der Waals surface area contributed by atoms with Crippen LogP contribution in [0.25, 0.3) is 44.5 Å². The largest absolute Gasteiger partial charge is 0.457 e. The van der Waals surface area contributed by atoms with Crippen LogP contribution in [0.3, 0.4) is 0 Å². The summed E-state index contributed by atoms with van der Waals surface area (Å²) in [5.74, 6) is 2.75. The van der Waals surface area contributed by atoms with Crippen molar-refractivity contribution in [2.24, 2.45) is 0 Å². The molecule has 0 aliphatic carbocycles. The maximum atomic E-state index is 7.30. The second-order valence-corrected chi connectivity index (χ2v) is 22.4. The second kappa shape index (κ2) is 22.5. The van der Waals surface area contributed by atoms with Gasteiger partial charge in [-0.3, -0.25) is 0 Å². The summed E-state index contributed by atoms with van der Waals surface area (Å²) in [6.07, 6.45) is 0. The highest BCUT2D eigenvalue weighted by Crippen LogP contribution is 2.51. The number of benzene rings is 11. The van der Waals surface area contributed by atoms with Gasteiger partial charge >= 0.3 is 0 Å². The Morgan fingerprint density at radius 3 is 0.975 bits per heavy atom. The van der Waals surface area contributed by atoms with Crippen LogP contribution in [0, 0.1) is 0 Å². The minimum atomic E-state index is -0.243. The van der Waals surface area contributed by atoms with Gasteiger partial charge in [0.2, 0.25) is 0 Å². The molecule has 0 saturated carbocycles. The van der Waals surface area contributed by atoms with Crippen molar-refractivity contribution < 1.29 is 9.47 Å². The Bertz CT molecular complexity index is 3750. The van der Waals surface area contributed by atoms with Crippen molar-refractivity contribution in [1.82, 2.24) is 0 Å². The molecule has 0 heterocycles. The number of para-hydroxylation sites is 3. The van der Waals surface area contributed by atoms with Gasteiger partial charge in [-0.15, -0.1) is 0 Å². The molecule has 0 spiro atoms. The zero-order chi connectivity index (χ0) is 54.5. The quantitative estimate of drug-likeness (QED) is 0.108. The third-order valence-electron chi connectivity index (χ3n) is 14.2.